The van der Waals surface area contributed by atoms with Crippen LogP contribution in [0, 0.1) is 0 Å². The monoisotopic (exact) mass is 466 g/mol. The molecule has 0 aliphatic rings. The Hall–Kier alpha value is -4.09. The summed E-state index contributed by atoms with van der Waals surface area (Å²) in [5.41, 5.74) is 6.73. The third-order valence-electron chi connectivity index (χ3n) is 5.71. The van der Waals surface area contributed by atoms with Crippen molar-refractivity contribution in [2.24, 2.45) is 5.10 Å². The molecular formula is C28H23ClN4O. The molecule has 0 aliphatic heterocycles. The quantitative estimate of drug-likeness (QED) is 0.226. The van der Waals surface area contributed by atoms with Crippen LogP contribution in [0.5, 0.6) is 0 Å². The molecule has 168 valence electrons. The normalized spacial score (nSPS) is 11.3. The highest BCUT2D eigenvalue weighted by atomic mass is 35.5. The van der Waals surface area contributed by atoms with E-state index in [-0.39, 0.29) is 12.5 Å². The summed E-state index contributed by atoms with van der Waals surface area (Å²) in [5.74, 6) is -0.214. The van der Waals surface area contributed by atoms with Gasteiger partial charge in [-0.15, -0.1) is 0 Å². The van der Waals surface area contributed by atoms with Gasteiger partial charge in [-0.3, -0.25) is 4.79 Å². The number of rotatable bonds is 7. The van der Waals surface area contributed by atoms with Crippen molar-refractivity contribution in [3.63, 3.8) is 0 Å². The maximum absolute atomic E-state index is 12.4. The number of benzene rings is 4. The summed E-state index contributed by atoms with van der Waals surface area (Å²) in [6.45, 7) is 0.844. The van der Waals surface area contributed by atoms with Gasteiger partial charge in [0.2, 0.25) is 0 Å². The molecule has 1 amide bonds. The van der Waals surface area contributed by atoms with Gasteiger partial charge in [0.05, 0.1) is 12.8 Å². The lowest BCUT2D eigenvalue weighted by atomic mass is 10.1. The summed E-state index contributed by atoms with van der Waals surface area (Å²) in [4.78, 5) is 12.4. The van der Waals surface area contributed by atoms with E-state index in [0.29, 0.717) is 6.54 Å². The van der Waals surface area contributed by atoms with E-state index in [1.807, 2.05) is 85.1 Å². The average molecular weight is 467 g/mol. The van der Waals surface area contributed by atoms with Crippen LogP contribution in [0.1, 0.15) is 11.1 Å². The Bertz CT molecular complexity index is 1480. The molecule has 5 aromatic rings. The van der Waals surface area contributed by atoms with Gasteiger partial charge in [0.25, 0.3) is 5.91 Å². The highest BCUT2D eigenvalue weighted by Crippen LogP contribution is 2.23. The van der Waals surface area contributed by atoms with Gasteiger partial charge < -0.3 is 9.88 Å². The molecule has 0 saturated carbocycles. The number of halogens is 1. The maximum Gasteiger partial charge on any atom is 0.259 e. The first-order chi connectivity index (χ1) is 16.7. The minimum atomic E-state index is -0.214. The molecule has 0 radical (unpaired) electrons. The number of hydrogen-bond acceptors (Lipinski definition) is 3. The van der Waals surface area contributed by atoms with E-state index >= 15 is 0 Å². The zero-order chi connectivity index (χ0) is 23.3. The fourth-order valence-corrected chi connectivity index (χ4v) is 4.19. The van der Waals surface area contributed by atoms with Gasteiger partial charge in [-0.05, 0) is 35.2 Å². The third-order valence-corrected chi connectivity index (χ3v) is 5.96. The number of aromatic nitrogens is 1. The Labute approximate surface area is 202 Å². The molecule has 6 heteroatoms. The van der Waals surface area contributed by atoms with Gasteiger partial charge in [0, 0.05) is 45.3 Å². The second-order valence-electron chi connectivity index (χ2n) is 8.03. The van der Waals surface area contributed by atoms with Crippen molar-refractivity contribution < 1.29 is 4.79 Å². The lowest BCUT2D eigenvalue weighted by Crippen LogP contribution is -2.25. The van der Waals surface area contributed by atoms with E-state index in [0.717, 1.165) is 43.5 Å². The van der Waals surface area contributed by atoms with Crippen LogP contribution in [0.25, 0.3) is 21.7 Å². The molecule has 5 nitrogen and oxygen atoms in total. The second kappa shape index (κ2) is 9.81. The Morgan fingerprint density at radius 3 is 2.47 bits per heavy atom. The minimum absolute atomic E-state index is 0.129. The molecule has 1 heterocycles. The molecule has 0 fully saturated rings. The molecule has 0 saturated heterocycles. The number of carbonyl (C=O) groups is 1. The highest BCUT2D eigenvalue weighted by Gasteiger charge is 2.08. The first-order valence-corrected chi connectivity index (χ1v) is 11.4. The van der Waals surface area contributed by atoms with Crippen LogP contribution < -0.4 is 10.7 Å². The maximum atomic E-state index is 12.4. The molecular weight excluding hydrogens is 444 g/mol. The number of hydrazone groups is 1. The van der Waals surface area contributed by atoms with Crippen LogP contribution in [0.4, 0.5) is 5.69 Å². The van der Waals surface area contributed by atoms with E-state index in [4.69, 9.17) is 11.6 Å². The number of para-hydroxylation sites is 1. The number of nitrogens with one attached hydrogen (secondary N) is 2. The number of carbonyl (C=O) groups excluding carboxylic acids is 1. The number of fused-ring (bicyclic) bond motifs is 2. The van der Waals surface area contributed by atoms with Crippen molar-refractivity contribution in [3.8, 4) is 0 Å². The summed E-state index contributed by atoms with van der Waals surface area (Å²) in [7, 11) is 0. The summed E-state index contributed by atoms with van der Waals surface area (Å²) in [6, 6.07) is 30.0. The van der Waals surface area contributed by atoms with Crippen molar-refractivity contribution in [2.75, 3.05) is 11.9 Å². The largest absolute Gasteiger partial charge is 0.376 e. The first kappa shape index (κ1) is 21.7. The molecule has 4 aromatic carbocycles. The SMILES string of the molecule is O=C(CNc1cccc2ccccc12)N/N=C\c1cn(Cc2ccc(Cl)cc2)c2ccccc12. The molecule has 5 rings (SSSR count). The van der Waals surface area contributed by atoms with Crippen molar-refractivity contribution in [3.05, 3.63) is 113 Å². The van der Waals surface area contributed by atoms with Crippen molar-refractivity contribution in [1.29, 1.82) is 0 Å². The lowest BCUT2D eigenvalue weighted by molar-refractivity contribution is -0.119. The molecule has 34 heavy (non-hydrogen) atoms. The first-order valence-electron chi connectivity index (χ1n) is 11.0. The van der Waals surface area contributed by atoms with E-state index in [9.17, 15) is 4.79 Å². The molecule has 0 bridgehead atoms. The predicted octanol–water partition coefficient (Wildman–Crippen LogP) is 6.06. The van der Waals surface area contributed by atoms with E-state index in [2.05, 4.69) is 32.5 Å². The molecule has 0 atom stereocenters. The van der Waals surface area contributed by atoms with Crippen LogP contribution in [-0.2, 0) is 11.3 Å². The molecule has 0 unspecified atom stereocenters. The number of anilines is 1. The Morgan fingerprint density at radius 1 is 0.882 bits per heavy atom. The number of hydrogen-bond donors (Lipinski definition) is 2. The van der Waals surface area contributed by atoms with Crippen molar-refractivity contribution in [1.82, 2.24) is 9.99 Å². The lowest BCUT2D eigenvalue weighted by Gasteiger charge is -2.08. The Morgan fingerprint density at radius 2 is 1.62 bits per heavy atom. The van der Waals surface area contributed by atoms with Crippen LogP contribution in [0.15, 0.2) is 102 Å². The number of amides is 1. The van der Waals surface area contributed by atoms with E-state index < -0.39 is 0 Å². The summed E-state index contributed by atoms with van der Waals surface area (Å²) in [6.07, 6.45) is 3.74. The highest BCUT2D eigenvalue weighted by molar-refractivity contribution is 6.30. The fourth-order valence-electron chi connectivity index (χ4n) is 4.06. The average Bonchev–Trinajstić information content (AvgIpc) is 3.21. The van der Waals surface area contributed by atoms with Crippen molar-refractivity contribution in [2.45, 2.75) is 6.54 Å². The topological polar surface area (TPSA) is 58.4 Å². The molecule has 0 aliphatic carbocycles. The van der Waals surface area contributed by atoms with Crippen LogP contribution in [0.3, 0.4) is 0 Å². The zero-order valence-electron chi connectivity index (χ0n) is 18.4. The fraction of sp³-hybridized carbons (Fsp3) is 0.0714. The van der Waals surface area contributed by atoms with Crippen LogP contribution in [-0.4, -0.2) is 23.2 Å². The van der Waals surface area contributed by atoms with Crippen LogP contribution >= 0.6 is 11.6 Å². The van der Waals surface area contributed by atoms with Gasteiger partial charge in [-0.25, -0.2) is 5.43 Å². The standard InChI is InChI=1S/C28H23ClN4O/c29-23-14-12-20(13-15-23)18-33-19-22(25-9-3-4-11-27(25)33)16-31-32-28(34)17-30-26-10-5-7-21-6-1-2-8-24(21)26/h1-16,19,30H,17-18H2,(H,32,34)/b31-16-. The van der Waals surface area contributed by atoms with E-state index in [1.54, 1.807) is 6.21 Å². The third kappa shape index (κ3) is 4.80. The van der Waals surface area contributed by atoms with Crippen LogP contribution in [0.2, 0.25) is 5.02 Å². The molecule has 0 spiro atoms. The van der Waals surface area contributed by atoms with Gasteiger partial charge in [-0.1, -0.05) is 78.3 Å². The van der Waals surface area contributed by atoms with E-state index in [1.165, 1.54) is 0 Å². The smallest absolute Gasteiger partial charge is 0.259 e. The van der Waals surface area contributed by atoms with Gasteiger partial charge in [-0.2, -0.15) is 5.10 Å². The second-order valence-corrected chi connectivity index (χ2v) is 8.47. The molecule has 1 aromatic heterocycles. The van der Waals surface area contributed by atoms with Gasteiger partial charge >= 0.3 is 0 Å². The number of nitrogens with zero attached hydrogens (tertiary/aromatic N) is 2. The van der Waals surface area contributed by atoms with Gasteiger partial charge in [0.1, 0.15) is 0 Å². The zero-order valence-corrected chi connectivity index (χ0v) is 19.2. The van der Waals surface area contributed by atoms with Crippen molar-refractivity contribution >= 4 is 51.1 Å². The summed E-state index contributed by atoms with van der Waals surface area (Å²) >= 11 is 6.02. The minimum Gasteiger partial charge on any atom is -0.376 e. The summed E-state index contributed by atoms with van der Waals surface area (Å²) < 4.78 is 2.17. The predicted molar refractivity (Wildman–Crippen MR) is 141 cm³/mol. The molecule has 2 N–H and O–H groups in total. The van der Waals surface area contributed by atoms with Gasteiger partial charge in [0.15, 0.2) is 0 Å². The summed E-state index contributed by atoms with van der Waals surface area (Å²) in [5, 5.41) is 11.4. The Kier molecular flexibility index (Phi) is 6.27. The Balaban J connectivity index is 1.26.